The summed E-state index contributed by atoms with van der Waals surface area (Å²) in [5.74, 6) is 0.575. The Morgan fingerprint density at radius 3 is 2.71 bits per heavy atom. The number of aromatic nitrogens is 2. The standard InChI is InChI=1S/C15H26N4O2/c1-16-14(12-9-18-19(2)10-12)15(20)17-8-11-4-6-13(21-3)7-5-11/h9-11,13-14,16H,4-8H2,1-3H3,(H,17,20). The molecule has 6 heteroatoms. The predicted octanol–water partition coefficient (Wildman–Crippen LogP) is 1.00. The lowest BCUT2D eigenvalue weighted by atomic mass is 9.87. The Labute approximate surface area is 126 Å². The third-order valence-corrected chi connectivity index (χ3v) is 4.30. The minimum absolute atomic E-state index is 0.0133. The van der Waals surface area contributed by atoms with Crippen molar-refractivity contribution in [1.29, 1.82) is 0 Å². The van der Waals surface area contributed by atoms with Crippen molar-refractivity contribution in [1.82, 2.24) is 20.4 Å². The van der Waals surface area contributed by atoms with Gasteiger partial charge in [0.05, 0.1) is 12.3 Å². The lowest BCUT2D eigenvalue weighted by Crippen LogP contribution is -2.39. The fourth-order valence-electron chi connectivity index (χ4n) is 2.96. The molecule has 1 fully saturated rings. The summed E-state index contributed by atoms with van der Waals surface area (Å²) in [6, 6.07) is -0.339. The van der Waals surface area contributed by atoms with Gasteiger partial charge in [0.25, 0.3) is 0 Å². The maximum Gasteiger partial charge on any atom is 0.241 e. The van der Waals surface area contributed by atoms with Crippen molar-refractivity contribution in [2.45, 2.75) is 37.8 Å². The van der Waals surface area contributed by atoms with Crippen LogP contribution in [0.25, 0.3) is 0 Å². The van der Waals surface area contributed by atoms with Crippen molar-refractivity contribution < 1.29 is 9.53 Å². The van der Waals surface area contributed by atoms with E-state index in [2.05, 4.69) is 15.7 Å². The number of nitrogens with zero attached hydrogens (tertiary/aromatic N) is 2. The van der Waals surface area contributed by atoms with Crippen molar-refractivity contribution in [3.05, 3.63) is 18.0 Å². The predicted molar refractivity (Wildman–Crippen MR) is 80.8 cm³/mol. The van der Waals surface area contributed by atoms with Gasteiger partial charge in [-0.1, -0.05) is 0 Å². The molecule has 1 unspecified atom stereocenters. The van der Waals surface area contributed by atoms with Gasteiger partial charge < -0.3 is 15.4 Å². The fraction of sp³-hybridized carbons (Fsp3) is 0.733. The lowest BCUT2D eigenvalue weighted by molar-refractivity contribution is -0.123. The highest BCUT2D eigenvalue weighted by atomic mass is 16.5. The molecule has 1 saturated carbocycles. The summed E-state index contributed by atoms with van der Waals surface area (Å²) in [5.41, 5.74) is 0.889. The molecule has 0 saturated heterocycles. The molecular formula is C15H26N4O2. The van der Waals surface area contributed by atoms with Gasteiger partial charge in [-0.15, -0.1) is 0 Å². The van der Waals surface area contributed by atoms with Crippen LogP contribution in [-0.4, -0.2) is 42.5 Å². The molecule has 118 valence electrons. The average molecular weight is 294 g/mol. The summed E-state index contributed by atoms with van der Waals surface area (Å²) >= 11 is 0. The Hall–Kier alpha value is -1.40. The summed E-state index contributed by atoms with van der Waals surface area (Å²) in [7, 11) is 5.42. The Morgan fingerprint density at radius 2 is 2.19 bits per heavy atom. The van der Waals surface area contributed by atoms with E-state index in [4.69, 9.17) is 4.74 Å². The number of amides is 1. The van der Waals surface area contributed by atoms with E-state index in [0.717, 1.165) is 37.8 Å². The maximum atomic E-state index is 12.3. The first-order chi connectivity index (χ1) is 10.1. The van der Waals surface area contributed by atoms with Gasteiger partial charge in [-0.25, -0.2) is 0 Å². The van der Waals surface area contributed by atoms with E-state index in [-0.39, 0.29) is 11.9 Å². The molecule has 0 bridgehead atoms. The van der Waals surface area contributed by atoms with E-state index >= 15 is 0 Å². The average Bonchev–Trinajstić information content (AvgIpc) is 2.92. The smallest absolute Gasteiger partial charge is 0.241 e. The summed E-state index contributed by atoms with van der Waals surface area (Å²) in [4.78, 5) is 12.3. The number of carbonyl (C=O) groups excluding carboxylic acids is 1. The van der Waals surface area contributed by atoms with E-state index in [0.29, 0.717) is 12.0 Å². The van der Waals surface area contributed by atoms with E-state index in [1.54, 1.807) is 25.0 Å². The van der Waals surface area contributed by atoms with E-state index in [9.17, 15) is 4.79 Å². The van der Waals surface area contributed by atoms with Crippen LogP contribution in [0.1, 0.15) is 37.3 Å². The third-order valence-electron chi connectivity index (χ3n) is 4.30. The Balaban J connectivity index is 1.81. The summed E-state index contributed by atoms with van der Waals surface area (Å²) in [6.45, 7) is 0.744. The van der Waals surface area contributed by atoms with E-state index in [1.165, 1.54) is 0 Å². The molecule has 1 aliphatic rings. The Morgan fingerprint density at radius 1 is 1.48 bits per heavy atom. The topological polar surface area (TPSA) is 68.2 Å². The first-order valence-electron chi connectivity index (χ1n) is 7.60. The first kappa shape index (κ1) is 16.0. The van der Waals surface area contributed by atoms with Crippen LogP contribution < -0.4 is 10.6 Å². The molecule has 1 aromatic rings. The minimum atomic E-state index is -0.339. The molecular weight excluding hydrogens is 268 g/mol. The van der Waals surface area contributed by atoms with Crippen LogP contribution in [0.5, 0.6) is 0 Å². The second kappa shape index (κ2) is 7.56. The molecule has 6 nitrogen and oxygen atoms in total. The molecule has 0 radical (unpaired) electrons. The quantitative estimate of drug-likeness (QED) is 0.821. The second-order valence-electron chi connectivity index (χ2n) is 5.79. The number of methoxy groups -OCH3 is 1. The highest BCUT2D eigenvalue weighted by Gasteiger charge is 2.24. The Kier molecular flexibility index (Phi) is 5.76. The zero-order valence-electron chi connectivity index (χ0n) is 13.1. The highest BCUT2D eigenvalue weighted by molar-refractivity contribution is 5.83. The number of hydrogen-bond donors (Lipinski definition) is 2. The number of nitrogens with one attached hydrogen (secondary N) is 2. The van der Waals surface area contributed by atoms with Gasteiger partial charge in [-0.05, 0) is 38.6 Å². The molecule has 2 N–H and O–H groups in total. The van der Waals surface area contributed by atoms with Gasteiger partial charge in [0.15, 0.2) is 0 Å². The van der Waals surface area contributed by atoms with Crippen molar-refractivity contribution in [2.75, 3.05) is 20.7 Å². The fourth-order valence-corrected chi connectivity index (χ4v) is 2.96. The lowest BCUT2D eigenvalue weighted by Gasteiger charge is -2.28. The summed E-state index contributed by atoms with van der Waals surface area (Å²) < 4.78 is 7.08. The number of rotatable bonds is 6. The van der Waals surface area contributed by atoms with Crippen LogP contribution in [0.15, 0.2) is 12.4 Å². The normalized spacial score (nSPS) is 23.8. The summed E-state index contributed by atoms with van der Waals surface area (Å²) in [5, 5.41) is 10.2. The summed E-state index contributed by atoms with van der Waals surface area (Å²) in [6.07, 6.45) is 8.42. The van der Waals surface area contributed by atoms with Gasteiger partial charge in [0, 0.05) is 32.5 Å². The zero-order valence-corrected chi connectivity index (χ0v) is 13.1. The number of ether oxygens (including phenoxy) is 1. The number of hydrogen-bond acceptors (Lipinski definition) is 4. The number of aryl methyl sites for hydroxylation is 1. The van der Waals surface area contributed by atoms with Crippen LogP contribution >= 0.6 is 0 Å². The molecule has 1 atom stereocenters. The maximum absolute atomic E-state index is 12.3. The van der Waals surface area contributed by atoms with Crippen LogP contribution in [0.4, 0.5) is 0 Å². The van der Waals surface area contributed by atoms with Gasteiger partial charge in [-0.3, -0.25) is 9.48 Å². The highest BCUT2D eigenvalue weighted by Crippen LogP contribution is 2.25. The Bertz CT molecular complexity index is 452. The molecule has 0 aromatic carbocycles. The van der Waals surface area contributed by atoms with Gasteiger partial charge >= 0.3 is 0 Å². The van der Waals surface area contributed by atoms with E-state index < -0.39 is 0 Å². The van der Waals surface area contributed by atoms with Crippen LogP contribution in [0.3, 0.4) is 0 Å². The molecule has 1 aliphatic carbocycles. The first-order valence-corrected chi connectivity index (χ1v) is 7.60. The molecule has 21 heavy (non-hydrogen) atoms. The van der Waals surface area contributed by atoms with E-state index in [1.807, 2.05) is 13.2 Å². The van der Waals surface area contributed by atoms with Crippen molar-refractivity contribution in [3.8, 4) is 0 Å². The minimum Gasteiger partial charge on any atom is -0.381 e. The molecule has 2 rings (SSSR count). The number of carbonyl (C=O) groups is 1. The second-order valence-corrected chi connectivity index (χ2v) is 5.79. The number of likely N-dealkylation sites (N-methyl/N-ethyl adjacent to an activating group) is 1. The van der Waals surface area contributed by atoms with Crippen molar-refractivity contribution >= 4 is 5.91 Å². The van der Waals surface area contributed by atoms with Gasteiger partial charge in [0.2, 0.25) is 5.91 Å². The van der Waals surface area contributed by atoms with Gasteiger partial charge in [-0.2, -0.15) is 5.10 Å². The van der Waals surface area contributed by atoms with Crippen LogP contribution in [0, 0.1) is 5.92 Å². The molecule has 1 amide bonds. The van der Waals surface area contributed by atoms with Crippen molar-refractivity contribution in [2.24, 2.45) is 13.0 Å². The van der Waals surface area contributed by atoms with Crippen LogP contribution in [0.2, 0.25) is 0 Å². The molecule has 1 heterocycles. The molecule has 0 aliphatic heterocycles. The molecule has 1 aromatic heterocycles. The largest absolute Gasteiger partial charge is 0.381 e. The molecule has 0 spiro atoms. The van der Waals surface area contributed by atoms with Gasteiger partial charge in [0.1, 0.15) is 6.04 Å². The van der Waals surface area contributed by atoms with Crippen molar-refractivity contribution in [3.63, 3.8) is 0 Å². The third kappa shape index (κ3) is 4.28. The SMILES string of the molecule is CNC(C(=O)NCC1CCC(OC)CC1)c1cnn(C)c1. The van der Waals surface area contributed by atoms with Crippen LogP contribution in [-0.2, 0) is 16.6 Å². The monoisotopic (exact) mass is 294 g/mol. The zero-order chi connectivity index (χ0) is 15.2.